The second-order valence-corrected chi connectivity index (χ2v) is 5.44. The van der Waals surface area contributed by atoms with Crippen molar-refractivity contribution in [1.29, 1.82) is 0 Å². The smallest absolute Gasteiger partial charge is 0.00231 e. The molecule has 0 amide bonds. The molecule has 0 saturated carbocycles. The van der Waals surface area contributed by atoms with Crippen molar-refractivity contribution in [3.63, 3.8) is 0 Å². The van der Waals surface area contributed by atoms with E-state index in [1.807, 2.05) is 0 Å². The third kappa shape index (κ3) is 6.13. The van der Waals surface area contributed by atoms with Crippen LogP contribution in [0.15, 0.2) is 0 Å². The molecule has 0 aliphatic carbocycles. The summed E-state index contributed by atoms with van der Waals surface area (Å²) in [5, 5.41) is 0. The molecular weight excluding hydrogens is 186 g/mol. The number of hydrogen-bond donors (Lipinski definition) is 3. The van der Waals surface area contributed by atoms with Crippen LogP contribution in [0.5, 0.6) is 0 Å². The molecule has 0 fully saturated rings. The predicted octanol–water partition coefficient (Wildman–Crippen LogP) is 1.31. The van der Waals surface area contributed by atoms with Crippen molar-refractivity contribution in [3.05, 3.63) is 0 Å². The lowest BCUT2D eigenvalue weighted by atomic mass is 9.76. The lowest BCUT2D eigenvalue weighted by Crippen LogP contribution is -2.32. The zero-order valence-corrected chi connectivity index (χ0v) is 10.6. The summed E-state index contributed by atoms with van der Waals surface area (Å²) in [6.45, 7) is 8.93. The van der Waals surface area contributed by atoms with Crippen LogP contribution in [0.4, 0.5) is 0 Å². The van der Waals surface area contributed by atoms with Gasteiger partial charge in [0.25, 0.3) is 0 Å². The Balaban J connectivity index is 4.06. The highest BCUT2D eigenvalue weighted by molar-refractivity contribution is 4.78. The molecule has 6 N–H and O–H groups in total. The third-order valence-electron chi connectivity index (χ3n) is 3.38. The van der Waals surface area contributed by atoms with Crippen LogP contribution in [0.1, 0.15) is 40.0 Å². The first-order chi connectivity index (χ1) is 6.97. The van der Waals surface area contributed by atoms with Crippen molar-refractivity contribution >= 4 is 0 Å². The maximum Gasteiger partial charge on any atom is -0.00231 e. The van der Waals surface area contributed by atoms with Crippen LogP contribution < -0.4 is 17.2 Å². The van der Waals surface area contributed by atoms with E-state index in [-0.39, 0.29) is 5.41 Å². The van der Waals surface area contributed by atoms with Crippen LogP contribution >= 0.6 is 0 Å². The minimum absolute atomic E-state index is 0.238. The second kappa shape index (κ2) is 7.20. The van der Waals surface area contributed by atoms with Gasteiger partial charge in [-0.25, -0.2) is 0 Å². The van der Waals surface area contributed by atoms with E-state index >= 15 is 0 Å². The Bertz CT molecular complexity index is 161. The molecule has 0 heterocycles. The lowest BCUT2D eigenvalue weighted by molar-refractivity contribution is 0.222. The number of rotatable bonds is 8. The van der Waals surface area contributed by atoms with Gasteiger partial charge < -0.3 is 17.2 Å². The van der Waals surface area contributed by atoms with E-state index in [1.165, 1.54) is 6.42 Å². The van der Waals surface area contributed by atoms with Crippen molar-refractivity contribution in [2.45, 2.75) is 40.0 Å². The van der Waals surface area contributed by atoms with Gasteiger partial charge in [-0.1, -0.05) is 20.8 Å². The average Bonchev–Trinajstić information content (AvgIpc) is 2.25. The van der Waals surface area contributed by atoms with Crippen LogP contribution in [0.3, 0.4) is 0 Å². The predicted molar refractivity (Wildman–Crippen MR) is 67.4 cm³/mol. The van der Waals surface area contributed by atoms with Crippen molar-refractivity contribution in [1.82, 2.24) is 0 Å². The van der Waals surface area contributed by atoms with E-state index < -0.39 is 0 Å². The summed E-state index contributed by atoms with van der Waals surface area (Å²) in [6.07, 6.45) is 3.45. The van der Waals surface area contributed by atoms with E-state index in [0.717, 1.165) is 32.5 Å². The van der Waals surface area contributed by atoms with Gasteiger partial charge in [0, 0.05) is 0 Å². The summed E-state index contributed by atoms with van der Waals surface area (Å²) in [5.74, 6) is 1.16. The molecule has 0 aromatic rings. The van der Waals surface area contributed by atoms with E-state index in [2.05, 4.69) is 20.8 Å². The summed E-state index contributed by atoms with van der Waals surface area (Å²) >= 11 is 0. The maximum absolute atomic E-state index is 5.87. The van der Waals surface area contributed by atoms with Gasteiger partial charge in [-0.2, -0.15) is 0 Å². The van der Waals surface area contributed by atoms with Crippen molar-refractivity contribution in [2.75, 3.05) is 19.6 Å². The van der Waals surface area contributed by atoms with Gasteiger partial charge in [-0.05, 0) is 56.1 Å². The summed E-state index contributed by atoms with van der Waals surface area (Å²) in [7, 11) is 0. The lowest BCUT2D eigenvalue weighted by Gasteiger charge is -2.31. The van der Waals surface area contributed by atoms with Gasteiger partial charge in [-0.3, -0.25) is 0 Å². The Kier molecular flexibility index (Phi) is 7.14. The monoisotopic (exact) mass is 215 g/mol. The molecule has 3 atom stereocenters. The highest BCUT2D eigenvalue weighted by atomic mass is 14.6. The largest absolute Gasteiger partial charge is 0.330 e. The zero-order valence-electron chi connectivity index (χ0n) is 10.6. The van der Waals surface area contributed by atoms with Crippen LogP contribution in [0.2, 0.25) is 0 Å². The van der Waals surface area contributed by atoms with Crippen LogP contribution in [-0.2, 0) is 0 Å². The fraction of sp³-hybridized carbons (Fsp3) is 1.00. The molecule has 0 rings (SSSR count). The molecule has 0 bridgehead atoms. The summed E-state index contributed by atoms with van der Waals surface area (Å²) < 4.78 is 0. The van der Waals surface area contributed by atoms with Crippen molar-refractivity contribution < 1.29 is 0 Å². The molecule has 0 aliphatic heterocycles. The molecule has 3 heteroatoms. The van der Waals surface area contributed by atoms with Crippen LogP contribution in [0.25, 0.3) is 0 Å². The van der Waals surface area contributed by atoms with E-state index in [0.29, 0.717) is 11.8 Å². The maximum atomic E-state index is 5.87. The molecule has 0 radical (unpaired) electrons. The highest BCUT2D eigenvalue weighted by Crippen LogP contribution is 2.31. The minimum atomic E-state index is 0.238. The molecule has 3 unspecified atom stereocenters. The Hall–Kier alpha value is -0.120. The fourth-order valence-electron chi connectivity index (χ4n) is 1.92. The van der Waals surface area contributed by atoms with Gasteiger partial charge >= 0.3 is 0 Å². The van der Waals surface area contributed by atoms with Gasteiger partial charge in [0.05, 0.1) is 0 Å². The second-order valence-electron chi connectivity index (χ2n) is 5.44. The molecular formula is C12H29N3. The number of nitrogens with two attached hydrogens (primary N) is 3. The molecule has 3 nitrogen and oxygen atoms in total. The van der Waals surface area contributed by atoms with E-state index in [1.54, 1.807) is 0 Å². The Morgan fingerprint density at radius 2 is 1.53 bits per heavy atom. The summed E-state index contributed by atoms with van der Waals surface area (Å²) in [5.41, 5.74) is 17.4. The SMILES string of the molecule is CC(CN)CCC(C)(CN)CC(C)CN. The standard InChI is InChI=1S/C12H29N3/c1-10(7-13)4-5-12(3,9-15)6-11(2)8-14/h10-11H,4-9,13-15H2,1-3H3. The highest BCUT2D eigenvalue weighted by Gasteiger charge is 2.24. The minimum Gasteiger partial charge on any atom is -0.330 e. The van der Waals surface area contributed by atoms with Crippen molar-refractivity contribution in [2.24, 2.45) is 34.5 Å². The van der Waals surface area contributed by atoms with E-state index in [4.69, 9.17) is 17.2 Å². The van der Waals surface area contributed by atoms with E-state index in [9.17, 15) is 0 Å². The average molecular weight is 215 g/mol. The molecule has 0 aliphatic rings. The topological polar surface area (TPSA) is 78.1 Å². The number of hydrogen-bond acceptors (Lipinski definition) is 3. The molecule has 0 aromatic heterocycles. The molecule has 0 saturated heterocycles. The van der Waals surface area contributed by atoms with Crippen LogP contribution in [0, 0.1) is 17.3 Å². The zero-order chi connectivity index (χ0) is 11.9. The first-order valence-corrected chi connectivity index (χ1v) is 6.07. The Labute approximate surface area is 94.8 Å². The van der Waals surface area contributed by atoms with Crippen molar-refractivity contribution in [3.8, 4) is 0 Å². The molecule has 15 heavy (non-hydrogen) atoms. The Morgan fingerprint density at radius 3 is 1.93 bits per heavy atom. The van der Waals surface area contributed by atoms with Gasteiger partial charge in [0.2, 0.25) is 0 Å². The summed E-state index contributed by atoms with van der Waals surface area (Å²) in [6, 6.07) is 0. The molecule has 92 valence electrons. The first-order valence-electron chi connectivity index (χ1n) is 6.07. The normalized spacial score (nSPS) is 19.6. The Morgan fingerprint density at radius 1 is 1.00 bits per heavy atom. The third-order valence-corrected chi connectivity index (χ3v) is 3.38. The van der Waals surface area contributed by atoms with Crippen LogP contribution in [-0.4, -0.2) is 19.6 Å². The van der Waals surface area contributed by atoms with Gasteiger partial charge in [0.15, 0.2) is 0 Å². The summed E-state index contributed by atoms with van der Waals surface area (Å²) in [4.78, 5) is 0. The molecule has 0 spiro atoms. The van der Waals surface area contributed by atoms with Gasteiger partial charge in [0.1, 0.15) is 0 Å². The fourth-order valence-corrected chi connectivity index (χ4v) is 1.92. The van der Waals surface area contributed by atoms with Gasteiger partial charge in [-0.15, -0.1) is 0 Å². The molecule has 0 aromatic carbocycles. The quantitative estimate of drug-likeness (QED) is 0.571. The first kappa shape index (κ1) is 14.9.